The van der Waals surface area contributed by atoms with Gasteiger partial charge in [0.05, 0.1) is 0 Å². The Morgan fingerprint density at radius 3 is 1.78 bits per heavy atom. The van der Waals surface area contributed by atoms with Crippen molar-refractivity contribution in [3.63, 3.8) is 0 Å². The van der Waals surface area contributed by atoms with Gasteiger partial charge in [0.25, 0.3) is 0 Å². The number of hydrogen-bond donors (Lipinski definition) is 0. The fourth-order valence-corrected chi connectivity index (χ4v) is 8.42. The molecule has 0 saturated heterocycles. The van der Waals surface area contributed by atoms with Gasteiger partial charge in [0, 0.05) is 33.2 Å². The Labute approximate surface area is 317 Å². The number of rotatable bonds is 7. The van der Waals surface area contributed by atoms with Crippen molar-refractivity contribution in [3.05, 3.63) is 193 Å². The lowest BCUT2D eigenvalue weighted by atomic mass is 9.84. The molecular formula is C51H34N2O2. The Balaban J connectivity index is 1.09. The highest BCUT2D eigenvalue weighted by atomic mass is 16.3. The van der Waals surface area contributed by atoms with Crippen molar-refractivity contribution in [1.29, 1.82) is 0 Å². The van der Waals surface area contributed by atoms with Gasteiger partial charge in [-0.25, -0.2) is 9.97 Å². The van der Waals surface area contributed by atoms with E-state index in [2.05, 4.69) is 127 Å². The second-order valence-electron chi connectivity index (χ2n) is 14.5. The van der Waals surface area contributed by atoms with Crippen LogP contribution in [0.2, 0.25) is 0 Å². The van der Waals surface area contributed by atoms with Crippen molar-refractivity contribution in [2.45, 2.75) is 18.8 Å². The molecule has 8 aromatic carbocycles. The van der Waals surface area contributed by atoms with Gasteiger partial charge < -0.3 is 8.83 Å². The maximum absolute atomic E-state index is 6.61. The first-order valence-electron chi connectivity index (χ1n) is 18.9. The van der Waals surface area contributed by atoms with Gasteiger partial charge in [0.15, 0.2) is 11.4 Å². The van der Waals surface area contributed by atoms with E-state index in [4.69, 9.17) is 18.8 Å². The van der Waals surface area contributed by atoms with Crippen LogP contribution in [0.5, 0.6) is 0 Å². The lowest BCUT2D eigenvalue weighted by molar-refractivity contribution is 0.666. The largest absolute Gasteiger partial charge is 0.456 e. The van der Waals surface area contributed by atoms with E-state index in [-0.39, 0.29) is 5.92 Å². The van der Waals surface area contributed by atoms with E-state index < -0.39 is 0 Å². The molecule has 4 heteroatoms. The number of nitrogens with zero attached hydrogens (tertiary/aromatic N) is 2. The molecule has 0 spiro atoms. The van der Waals surface area contributed by atoms with Gasteiger partial charge >= 0.3 is 0 Å². The number of fused-ring (bicyclic) bond motifs is 8. The maximum atomic E-state index is 6.61. The molecule has 55 heavy (non-hydrogen) atoms. The normalized spacial score (nSPS) is 11.9. The molecule has 0 amide bonds. The molecule has 11 aromatic rings. The summed E-state index contributed by atoms with van der Waals surface area (Å²) in [6.45, 7) is 0. The third kappa shape index (κ3) is 5.45. The minimum atomic E-state index is 0.179. The first-order chi connectivity index (χ1) is 27.2. The second-order valence-corrected chi connectivity index (χ2v) is 14.5. The highest BCUT2D eigenvalue weighted by Gasteiger charge is 2.23. The molecule has 0 aliphatic rings. The minimum absolute atomic E-state index is 0.179. The van der Waals surface area contributed by atoms with Gasteiger partial charge in [-0.2, -0.15) is 0 Å². The molecule has 3 heterocycles. The van der Waals surface area contributed by atoms with Gasteiger partial charge in [-0.05, 0) is 81.4 Å². The maximum Gasteiger partial charge on any atom is 0.180 e. The summed E-state index contributed by atoms with van der Waals surface area (Å²) >= 11 is 0. The number of furan rings is 2. The number of hydrogen-bond acceptors (Lipinski definition) is 4. The number of aryl methyl sites for hydroxylation is 1. The average Bonchev–Trinajstić information content (AvgIpc) is 3.82. The van der Waals surface area contributed by atoms with Crippen molar-refractivity contribution in [2.24, 2.45) is 0 Å². The molecule has 0 atom stereocenters. The van der Waals surface area contributed by atoms with Crippen LogP contribution >= 0.6 is 0 Å². The minimum Gasteiger partial charge on any atom is -0.456 e. The van der Waals surface area contributed by atoms with Crippen LogP contribution in [0.4, 0.5) is 0 Å². The quantitative estimate of drug-likeness (QED) is 0.166. The Morgan fingerprint density at radius 1 is 0.473 bits per heavy atom. The van der Waals surface area contributed by atoms with Crippen LogP contribution in [0.15, 0.2) is 185 Å². The summed E-state index contributed by atoms with van der Waals surface area (Å²) in [7, 11) is 0. The van der Waals surface area contributed by atoms with Crippen molar-refractivity contribution in [3.8, 4) is 22.6 Å². The fourth-order valence-electron chi connectivity index (χ4n) is 8.42. The van der Waals surface area contributed by atoms with E-state index in [1.165, 1.54) is 38.2 Å². The molecule has 0 bridgehead atoms. The predicted octanol–water partition coefficient (Wildman–Crippen LogP) is 13.7. The average molecular weight is 707 g/mol. The summed E-state index contributed by atoms with van der Waals surface area (Å²) < 4.78 is 13.1. The van der Waals surface area contributed by atoms with Crippen molar-refractivity contribution < 1.29 is 8.83 Å². The summed E-state index contributed by atoms with van der Waals surface area (Å²) in [5.74, 6) is 0.829. The molecule has 0 aliphatic heterocycles. The highest BCUT2D eigenvalue weighted by Crippen LogP contribution is 2.41. The van der Waals surface area contributed by atoms with Gasteiger partial charge in [-0.15, -0.1) is 0 Å². The summed E-state index contributed by atoms with van der Waals surface area (Å²) in [5, 5.41) is 8.05. The zero-order chi connectivity index (χ0) is 36.3. The molecule has 11 rings (SSSR count). The summed E-state index contributed by atoms with van der Waals surface area (Å²) in [5.41, 5.74) is 10.5. The van der Waals surface area contributed by atoms with Crippen LogP contribution < -0.4 is 0 Å². The number of aromatic nitrogens is 2. The monoisotopic (exact) mass is 706 g/mol. The molecule has 0 radical (unpaired) electrons. The van der Waals surface area contributed by atoms with E-state index in [1.54, 1.807) is 0 Å². The number of benzene rings is 8. The fraction of sp³-hybridized carbons (Fsp3) is 0.0588. The van der Waals surface area contributed by atoms with Gasteiger partial charge in [0.1, 0.15) is 28.0 Å². The van der Waals surface area contributed by atoms with E-state index in [0.29, 0.717) is 11.4 Å². The summed E-state index contributed by atoms with van der Waals surface area (Å²) in [6, 6.07) is 62.2. The van der Waals surface area contributed by atoms with E-state index in [1.807, 2.05) is 48.5 Å². The lowest BCUT2D eigenvalue weighted by Gasteiger charge is -2.20. The van der Waals surface area contributed by atoms with Crippen molar-refractivity contribution in [1.82, 2.24) is 9.97 Å². The molecule has 4 nitrogen and oxygen atoms in total. The Bertz CT molecular complexity index is 3150. The molecule has 0 N–H and O–H groups in total. The standard InChI is InChI=1S/C51H34N2O2/c1-2-14-35(15-3-1)48-50-49(42-19-9-11-21-45(42)55-50)53-51(52-48)43-28-32(29-46-47(43)41-18-8-10-20-44(41)54-46)22-27-40(38-25-23-33-12-4-6-16-36(33)30-38)39-26-24-34-13-5-7-17-37(34)31-39/h1-21,23-26,28-31,40H,22,27H2. The molecule has 0 unspecified atom stereocenters. The lowest BCUT2D eigenvalue weighted by Crippen LogP contribution is -2.04. The van der Waals surface area contributed by atoms with Gasteiger partial charge in [-0.1, -0.05) is 146 Å². The second kappa shape index (κ2) is 12.8. The molecule has 0 aliphatic carbocycles. The molecule has 0 saturated carbocycles. The summed E-state index contributed by atoms with van der Waals surface area (Å²) in [4.78, 5) is 10.6. The smallest absolute Gasteiger partial charge is 0.180 e. The first-order valence-corrected chi connectivity index (χ1v) is 18.9. The predicted molar refractivity (Wildman–Crippen MR) is 226 cm³/mol. The SMILES string of the molecule is c1ccc(-c2nc(-c3cc(CCC(c4ccc5ccccc5c4)c4ccc5ccccc5c4)cc4oc5ccccc5c34)nc3c2oc2ccccc23)cc1. The van der Waals surface area contributed by atoms with Crippen molar-refractivity contribution in [2.75, 3.05) is 0 Å². The van der Waals surface area contributed by atoms with E-state index in [9.17, 15) is 0 Å². The van der Waals surface area contributed by atoms with Crippen LogP contribution in [0, 0.1) is 0 Å². The topological polar surface area (TPSA) is 52.1 Å². The number of para-hydroxylation sites is 2. The molecule has 3 aromatic heterocycles. The van der Waals surface area contributed by atoms with Crippen LogP contribution in [0.3, 0.4) is 0 Å². The Morgan fingerprint density at radius 2 is 1.07 bits per heavy atom. The Hall–Kier alpha value is -7.04. The zero-order valence-corrected chi connectivity index (χ0v) is 29.9. The van der Waals surface area contributed by atoms with Crippen LogP contribution in [0.1, 0.15) is 29.0 Å². The third-order valence-corrected chi connectivity index (χ3v) is 11.1. The Kier molecular flexibility index (Phi) is 7.34. The molecular weight excluding hydrogens is 673 g/mol. The van der Waals surface area contributed by atoms with E-state index in [0.717, 1.165) is 68.1 Å². The molecule has 0 fully saturated rings. The highest BCUT2D eigenvalue weighted by molar-refractivity contribution is 6.13. The third-order valence-electron chi connectivity index (χ3n) is 11.1. The first kappa shape index (κ1) is 31.5. The van der Waals surface area contributed by atoms with Crippen LogP contribution in [-0.2, 0) is 6.42 Å². The van der Waals surface area contributed by atoms with Crippen LogP contribution in [0.25, 0.3) is 88.2 Å². The van der Waals surface area contributed by atoms with Crippen LogP contribution in [-0.4, -0.2) is 9.97 Å². The van der Waals surface area contributed by atoms with E-state index >= 15 is 0 Å². The van der Waals surface area contributed by atoms with Gasteiger partial charge in [-0.3, -0.25) is 0 Å². The summed E-state index contributed by atoms with van der Waals surface area (Å²) in [6.07, 6.45) is 1.73. The van der Waals surface area contributed by atoms with Gasteiger partial charge in [0.2, 0.25) is 0 Å². The molecule has 260 valence electrons. The zero-order valence-electron chi connectivity index (χ0n) is 29.9. The van der Waals surface area contributed by atoms with Crippen molar-refractivity contribution >= 4 is 65.6 Å².